The number of hydrogen-bond acceptors (Lipinski definition) is 4. The zero-order valence-corrected chi connectivity index (χ0v) is 17.7. The highest BCUT2D eigenvalue weighted by molar-refractivity contribution is 5.91. The predicted molar refractivity (Wildman–Crippen MR) is 110 cm³/mol. The Bertz CT molecular complexity index is 731. The van der Waals surface area contributed by atoms with Crippen molar-refractivity contribution in [1.29, 1.82) is 0 Å². The molecule has 0 radical (unpaired) electrons. The number of carbonyl (C=O) groups excluding carboxylic acids is 3. The number of hydroxylamine groups is 1. The summed E-state index contributed by atoms with van der Waals surface area (Å²) in [5, 5.41) is 11.8. The molecule has 0 saturated heterocycles. The molecule has 0 aromatic heterocycles. The van der Waals surface area contributed by atoms with Crippen LogP contribution in [0.1, 0.15) is 56.6 Å². The molecule has 1 aromatic rings. The van der Waals surface area contributed by atoms with E-state index in [0.29, 0.717) is 25.8 Å². The Labute approximate surface area is 172 Å². The lowest BCUT2D eigenvalue weighted by Crippen LogP contribution is -2.49. The zero-order valence-electron chi connectivity index (χ0n) is 17.7. The van der Waals surface area contributed by atoms with E-state index >= 15 is 0 Å². The lowest BCUT2D eigenvalue weighted by molar-refractivity contribution is -0.146. The zero-order chi connectivity index (χ0) is 21.4. The Kier molecular flexibility index (Phi) is 8.20. The maximum atomic E-state index is 13.2. The number of amides is 3. The predicted octanol–water partition coefficient (Wildman–Crippen LogP) is 2.35. The van der Waals surface area contributed by atoms with Crippen LogP contribution < -0.4 is 10.8 Å². The minimum absolute atomic E-state index is 0.0272. The third-order valence-corrected chi connectivity index (χ3v) is 5.76. The molecular formula is C22H33N3O4. The number of nitrogens with one attached hydrogen (secondary N) is 2. The minimum atomic E-state index is -0.721. The fourth-order valence-corrected chi connectivity index (χ4v) is 3.79. The van der Waals surface area contributed by atoms with Gasteiger partial charge in [-0.2, -0.15) is 0 Å². The van der Waals surface area contributed by atoms with Gasteiger partial charge in [-0.25, -0.2) is 5.48 Å². The van der Waals surface area contributed by atoms with Gasteiger partial charge in [0.05, 0.1) is 0 Å². The molecule has 3 N–H and O–H groups in total. The third kappa shape index (κ3) is 6.56. The van der Waals surface area contributed by atoms with Crippen LogP contribution in [0.4, 0.5) is 0 Å². The first-order chi connectivity index (χ1) is 13.8. The Morgan fingerprint density at radius 2 is 1.97 bits per heavy atom. The van der Waals surface area contributed by atoms with Crippen molar-refractivity contribution in [2.24, 2.45) is 5.41 Å². The van der Waals surface area contributed by atoms with Crippen LogP contribution in [0.5, 0.6) is 0 Å². The molecule has 1 unspecified atom stereocenters. The smallest absolute Gasteiger partial charge is 0.266 e. The molecule has 1 atom stereocenters. The molecule has 0 heterocycles. The van der Waals surface area contributed by atoms with E-state index < -0.39 is 17.4 Å². The van der Waals surface area contributed by atoms with E-state index in [2.05, 4.69) is 30.4 Å². The first kappa shape index (κ1) is 22.9. The lowest BCUT2D eigenvalue weighted by Gasteiger charge is -2.30. The Hall–Kier alpha value is -2.41. The number of benzene rings is 1. The largest absolute Gasteiger partial charge is 0.356 e. The molecule has 3 amide bonds. The standard InChI is InChI=1S/C22H33N3O4/c1-16-7-6-8-18(15-16)10-11-22(12-13-22)21(28)25(3)19(20(27)24-29)9-4-5-14-23-17(2)26/h6-8,15,19,29H,4-5,9-14H2,1-3H3,(H,23,26)(H,24,27). The maximum absolute atomic E-state index is 13.2. The van der Waals surface area contributed by atoms with Crippen molar-refractivity contribution in [1.82, 2.24) is 15.7 Å². The van der Waals surface area contributed by atoms with E-state index in [1.165, 1.54) is 23.0 Å². The first-order valence-electron chi connectivity index (χ1n) is 10.3. The Morgan fingerprint density at radius 3 is 2.55 bits per heavy atom. The number of likely N-dealkylation sites (N-methyl/N-ethyl adjacent to an activating group) is 1. The molecule has 1 aliphatic carbocycles. The summed E-state index contributed by atoms with van der Waals surface area (Å²) in [5.74, 6) is -0.693. The molecule has 1 fully saturated rings. The number of nitrogens with zero attached hydrogens (tertiary/aromatic N) is 1. The van der Waals surface area contributed by atoms with Gasteiger partial charge in [0.2, 0.25) is 11.8 Å². The summed E-state index contributed by atoms with van der Waals surface area (Å²) >= 11 is 0. The van der Waals surface area contributed by atoms with Gasteiger partial charge >= 0.3 is 0 Å². The van der Waals surface area contributed by atoms with Crippen molar-refractivity contribution < 1.29 is 19.6 Å². The number of unbranched alkanes of at least 4 members (excludes halogenated alkanes) is 1. The molecule has 0 spiro atoms. The molecule has 29 heavy (non-hydrogen) atoms. The van der Waals surface area contributed by atoms with Crippen molar-refractivity contribution in [3.63, 3.8) is 0 Å². The molecular weight excluding hydrogens is 370 g/mol. The van der Waals surface area contributed by atoms with Crippen LogP contribution in [-0.2, 0) is 20.8 Å². The van der Waals surface area contributed by atoms with E-state index in [-0.39, 0.29) is 11.8 Å². The van der Waals surface area contributed by atoms with Crippen LogP contribution in [0.15, 0.2) is 24.3 Å². The minimum Gasteiger partial charge on any atom is -0.356 e. The van der Waals surface area contributed by atoms with Crippen LogP contribution >= 0.6 is 0 Å². The van der Waals surface area contributed by atoms with Crippen LogP contribution in [-0.4, -0.2) is 47.5 Å². The molecule has 7 heteroatoms. The first-order valence-corrected chi connectivity index (χ1v) is 10.3. The lowest BCUT2D eigenvalue weighted by atomic mass is 9.93. The summed E-state index contributed by atoms with van der Waals surface area (Å²) in [5.41, 5.74) is 3.71. The summed E-state index contributed by atoms with van der Waals surface area (Å²) in [4.78, 5) is 37.8. The van der Waals surface area contributed by atoms with Gasteiger partial charge in [0, 0.05) is 25.9 Å². The van der Waals surface area contributed by atoms with E-state index in [4.69, 9.17) is 5.21 Å². The second-order valence-corrected chi connectivity index (χ2v) is 8.16. The van der Waals surface area contributed by atoms with E-state index in [9.17, 15) is 14.4 Å². The fourth-order valence-electron chi connectivity index (χ4n) is 3.79. The van der Waals surface area contributed by atoms with Gasteiger partial charge in [-0.1, -0.05) is 29.8 Å². The molecule has 0 bridgehead atoms. The van der Waals surface area contributed by atoms with Crippen molar-refractivity contribution in [3.8, 4) is 0 Å². The highest BCUT2D eigenvalue weighted by Crippen LogP contribution is 2.51. The summed E-state index contributed by atoms with van der Waals surface area (Å²) in [7, 11) is 1.64. The number of carbonyl (C=O) groups is 3. The topological polar surface area (TPSA) is 98.7 Å². The van der Waals surface area contributed by atoms with Gasteiger partial charge in [-0.15, -0.1) is 0 Å². The van der Waals surface area contributed by atoms with E-state index in [1.54, 1.807) is 12.5 Å². The highest BCUT2D eigenvalue weighted by atomic mass is 16.5. The van der Waals surface area contributed by atoms with Crippen molar-refractivity contribution in [2.45, 2.75) is 64.8 Å². The third-order valence-electron chi connectivity index (χ3n) is 5.76. The second kappa shape index (κ2) is 10.4. The van der Waals surface area contributed by atoms with Crippen molar-refractivity contribution >= 4 is 17.7 Å². The van der Waals surface area contributed by atoms with Gasteiger partial charge < -0.3 is 10.2 Å². The summed E-state index contributed by atoms with van der Waals surface area (Å²) in [6, 6.07) is 7.58. The number of aryl methyl sites for hydroxylation is 2. The molecule has 1 saturated carbocycles. The number of hydrogen-bond donors (Lipinski definition) is 3. The van der Waals surface area contributed by atoms with Gasteiger partial charge in [0.25, 0.3) is 5.91 Å². The number of rotatable bonds is 11. The summed E-state index contributed by atoms with van der Waals surface area (Å²) < 4.78 is 0. The van der Waals surface area contributed by atoms with Crippen LogP contribution in [0.2, 0.25) is 0 Å². The molecule has 1 aromatic carbocycles. The van der Waals surface area contributed by atoms with Gasteiger partial charge in [-0.05, 0) is 57.4 Å². The fraction of sp³-hybridized carbons (Fsp3) is 0.591. The molecule has 7 nitrogen and oxygen atoms in total. The molecule has 2 rings (SSSR count). The van der Waals surface area contributed by atoms with Crippen molar-refractivity contribution in [2.75, 3.05) is 13.6 Å². The molecule has 1 aliphatic rings. The monoisotopic (exact) mass is 403 g/mol. The van der Waals surface area contributed by atoms with Crippen molar-refractivity contribution in [3.05, 3.63) is 35.4 Å². The van der Waals surface area contributed by atoms with Gasteiger partial charge in [0.15, 0.2) is 0 Å². The van der Waals surface area contributed by atoms with E-state index in [1.807, 2.05) is 6.07 Å². The Balaban J connectivity index is 1.94. The Morgan fingerprint density at radius 1 is 1.24 bits per heavy atom. The molecule has 0 aliphatic heterocycles. The average molecular weight is 404 g/mol. The average Bonchev–Trinajstić information content (AvgIpc) is 3.48. The van der Waals surface area contributed by atoms with E-state index in [0.717, 1.165) is 25.7 Å². The summed E-state index contributed by atoms with van der Waals surface area (Å²) in [6.07, 6.45) is 5.05. The van der Waals surface area contributed by atoms with Crippen LogP contribution in [0.3, 0.4) is 0 Å². The van der Waals surface area contributed by atoms with Crippen LogP contribution in [0.25, 0.3) is 0 Å². The second-order valence-electron chi connectivity index (χ2n) is 8.16. The van der Waals surface area contributed by atoms with Gasteiger partial charge in [0.1, 0.15) is 6.04 Å². The van der Waals surface area contributed by atoms with Crippen LogP contribution in [0, 0.1) is 12.3 Å². The summed E-state index contributed by atoms with van der Waals surface area (Å²) in [6.45, 7) is 4.04. The molecule has 160 valence electrons. The maximum Gasteiger partial charge on any atom is 0.266 e. The SMILES string of the molecule is CC(=O)NCCCCC(C(=O)NO)N(C)C(=O)C1(CCc2cccc(C)c2)CC1. The normalized spacial score (nSPS) is 15.3. The van der Waals surface area contributed by atoms with Gasteiger partial charge in [-0.3, -0.25) is 19.6 Å². The highest BCUT2D eigenvalue weighted by Gasteiger charge is 2.51. The quantitative estimate of drug-likeness (QED) is 0.300.